The van der Waals surface area contributed by atoms with Gasteiger partial charge in [0.2, 0.25) is 11.8 Å². The monoisotopic (exact) mass is 263 g/mol. The molecule has 94 valence electrons. The number of benzene rings is 1. The zero-order valence-electron chi connectivity index (χ0n) is 10.5. The van der Waals surface area contributed by atoms with Crippen molar-refractivity contribution in [1.82, 2.24) is 9.97 Å². The van der Waals surface area contributed by atoms with Crippen LogP contribution < -0.4 is 10.5 Å². The molecular formula is C13H14ClN3O. The van der Waals surface area contributed by atoms with Crippen molar-refractivity contribution in [3.63, 3.8) is 0 Å². The Kier molecular flexibility index (Phi) is 3.39. The Hall–Kier alpha value is -1.81. The molecule has 1 aromatic heterocycles. The molecule has 0 saturated carbocycles. The van der Waals surface area contributed by atoms with Gasteiger partial charge < -0.3 is 10.5 Å². The van der Waals surface area contributed by atoms with Gasteiger partial charge in [0.05, 0.1) is 0 Å². The maximum atomic E-state index is 5.82. The van der Waals surface area contributed by atoms with Crippen LogP contribution in [0.15, 0.2) is 18.2 Å². The minimum atomic E-state index is 0.0976. The van der Waals surface area contributed by atoms with Crippen LogP contribution >= 0.6 is 11.6 Å². The summed E-state index contributed by atoms with van der Waals surface area (Å²) in [6.07, 6.45) is 0. The number of anilines is 1. The fraction of sp³-hybridized carbons (Fsp3) is 0.231. The zero-order chi connectivity index (χ0) is 13.3. The highest BCUT2D eigenvalue weighted by atomic mass is 35.5. The lowest BCUT2D eigenvalue weighted by Gasteiger charge is -2.13. The average Bonchev–Trinajstić information content (AvgIpc) is 2.28. The maximum absolute atomic E-state index is 5.82. The summed E-state index contributed by atoms with van der Waals surface area (Å²) in [4.78, 5) is 7.79. The molecule has 0 atom stereocenters. The number of halogens is 1. The molecule has 0 radical (unpaired) electrons. The number of nitrogens with zero attached hydrogens (tertiary/aromatic N) is 2. The lowest BCUT2D eigenvalue weighted by molar-refractivity contribution is 0.455. The van der Waals surface area contributed by atoms with Crippen LogP contribution in [0.3, 0.4) is 0 Å². The molecule has 0 aliphatic carbocycles. The first kappa shape index (κ1) is 12.6. The Morgan fingerprint density at radius 1 is 1.11 bits per heavy atom. The smallest absolute Gasteiger partial charge is 0.225 e. The highest BCUT2D eigenvalue weighted by molar-refractivity contribution is 6.29. The van der Waals surface area contributed by atoms with E-state index < -0.39 is 0 Å². The van der Waals surface area contributed by atoms with Crippen LogP contribution in [0, 0.1) is 20.8 Å². The molecule has 4 nitrogen and oxygen atoms in total. The largest absolute Gasteiger partial charge is 0.438 e. The maximum Gasteiger partial charge on any atom is 0.225 e. The van der Waals surface area contributed by atoms with Crippen LogP contribution in [0.5, 0.6) is 11.6 Å². The molecule has 1 aromatic carbocycles. The summed E-state index contributed by atoms with van der Waals surface area (Å²) in [5, 5.41) is 0.264. The van der Waals surface area contributed by atoms with Crippen molar-refractivity contribution in [2.45, 2.75) is 20.8 Å². The van der Waals surface area contributed by atoms with Gasteiger partial charge in [0.1, 0.15) is 10.9 Å². The third-order valence-corrected chi connectivity index (χ3v) is 2.96. The first-order valence-electron chi connectivity index (χ1n) is 5.52. The summed E-state index contributed by atoms with van der Waals surface area (Å²) < 4.78 is 5.77. The minimum Gasteiger partial charge on any atom is -0.438 e. The van der Waals surface area contributed by atoms with Crippen molar-refractivity contribution in [3.8, 4) is 11.6 Å². The van der Waals surface area contributed by atoms with E-state index in [4.69, 9.17) is 22.1 Å². The highest BCUT2D eigenvalue weighted by Crippen LogP contribution is 2.30. The second-order valence-electron chi connectivity index (χ2n) is 4.14. The first-order chi connectivity index (χ1) is 8.47. The van der Waals surface area contributed by atoms with Gasteiger partial charge in [0.15, 0.2) is 0 Å². The van der Waals surface area contributed by atoms with Gasteiger partial charge in [-0.1, -0.05) is 23.7 Å². The normalized spacial score (nSPS) is 10.4. The average molecular weight is 264 g/mol. The third kappa shape index (κ3) is 2.54. The molecule has 0 aliphatic heterocycles. The summed E-state index contributed by atoms with van der Waals surface area (Å²) in [6.45, 7) is 6.01. The van der Waals surface area contributed by atoms with Crippen molar-refractivity contribution in [2.75, 3.05) is 5.73 Å². The van der Waals surface area contributed by atoms with Crippen molar-refractivity contribution in [3.05, 3.63) is 40.0 Å². The summed E-state index contributed by atoms with van der Waals surface area (Å²) in [5.74, 6) is 1.23. The first-order valence-corrected chi connectivity index (χ1v) is 5.90. The Morgan fingerprint density at radius 2 is 1.78 bits per heavy atom. The van der Waals surface area contributed by atoms with E-state index >= 15 is 0 Å². The van der Waals surface area contributed by atoms with Gasteiger partial charge in [-0.25, -0.2) is 4.98 Å². The Morgan fingerprint density at radius 3 is 2.44 bits per heavy atom. The van der Waals surface area contributed by atoms with Gasteiger partial charge in [-0.2, -0.15) is 4.98 Å². The summed E-state index contributed by atoms with van der Waals surface area (Å²) in [6, 6.07) is 5.60. The lowest BCUT2D eigenvalue weighted by atomic mass is 10.1. The molecule has 1 heterocycles. The van der Waals surface area contributed by atoms with E-state index in [1.165, 1.54) is 0 Å². The van der Waals surface area contributed by atoms with E-state index in [0.717, 1.165) is 22.4 Å². The molecule has 0 unspecified atom stereocenters. The van der Waals surface area contributed by atoms with E-state index in [1.807, 2.05) is 26.8 Å². The molecule has 0 spiro atoms. The predicted octanol–water partition coefficient (Wildman–Crippen LogP) is 3.43. The van der Waals surface area contributed by atoms with Crippen LogP contribution in [-0.2, 0) is 0 Å². The van der Waals surface area contributed by atoms with Crippen LogP contribution in [0.2, 0.25) is 5.15 Å². The predicted molar refractivity (Wildman–Crippen MR) is 72.2 cm³/mol. The van der Waals surface area contributed by atoms with Gasteiger partial charge in [0.25, 0.3) is 0 Å². The van der Waals surface area contributed by atoms with Crippen molar-refractivity contribution in [1.29, 1.82) is 0 Å². The van der Waals surface area contributed by atoms with E-state index in [-0.39, 0.29) is 11.1 Å². The number of nitrogens with two attached hydrogens (primary N) is 1. The molecule has 0 bridgehead atoms. The fourth-order valence-electron chi connectivity index (χ4n) is 1.65. The molecule has 18 heavy (non-hydrogen) atoms. The number of nitrogen functional groups attached to an aromatic ring is 1. The lowest BCUT2D eigenvalue weighted by Crippen LogP contribution is -1.99. The Balaban J connectivity index is 2.42. The molecular weight excluding hydrogens is 250 g/mol. The molecule has 5 heteroatoms. The number of hydrogen-bond donors (Lipinski definition) is 1. The van der Waals surface area contributed by atoms with Gasteiger partial charge in [0, 0.05) is 6.07 Å². The number of aromatic nitrogens is 2. The third-order valence-electron chi connectivity index (χ3n) is 2.77. The van der Waals surface area contributed by atoms with E-state index in [0.29, 0.717) is 5.88 Å². The number of aryl methyl sites for hydroxylation is 2. The van der Waals surface area contributed by atoms with Gasteiger partial charge >= 0.3 is 0 Å². The summed E-state index contributed by atoms with van der Waals surface area (Å²) >= 11 is 5.82. The molecule has 0 saturated heterocycles. The highest BCUT2D eigenvalue weighted by Gasteiger charge is 2.09. The molecule has 2 aromatic rings. The van der Waals surface area contributed by atoms with Crippen molar-refractivity contribution in [2.24, 2.45) is 0 Å². The Labute approximate surface area is 111 Å². The molecule has 0 fully saturated rings. The number of rotatable bonds is 2. The van der Waals surface area contributed by atoms with Crippen LogP contribution in [0.4, 0.5) is 5.95 Å². The summed E-state index contributed by atoms with van der Waals surface area (Å²) in [7, 11) is 0. The number of ether oxygens (including phenoxy) is 1. The molecule has 2 N–H and O–H groups in total. The van der Waals surface area contributed by atoms with Gasteiger partial charge in [-0.15, -0.1) is 0 Å². The van der Waals surface area contributed by atoms with Crippen LogP contribution in [0.1, 0.15) is 16.7 Å². The molecule has 0 amide bonds. The van der Waals surface area contributed by atoms with E-state index in [2.05, 4.69) is 16.0 Å². The van der Waals surface area contributed by atoms with Gasteiger partial charge in [-0.3, -0.25) is 0 Å². The molecule has 2 rings (SSSR count). The number of hydrogen-bond acceptors (Lipinski definition) is 4. The standard InChI is InChI=1S/C13H14ClN3O/c1-7-4-5-8(2)12(9(7)3)18-11-6-10(14)16-13(15)17-11/h4-6H,1-3H3,(H2,15,16,17). The Bertz CT molecular complexity index is 579. The van der Waals surface area contributed by atoms with Crippen molar-refractivity contribution < 1.29 is 4.74 Å². The second-order valence-corrected chi connectivity index (χ2v) is 4.53. The SMILES string of the molecule is Cc1ccc(C)c(Oc2cc(Cl)nc(N)n2)c1C. The van der Waals surface area contributed by atoms with E-state index in [1.54, 1.807) is 6.07 Å². The quantitative estimate of drug-likeness (QED) is 0.844. The second kappa shape index (κ2) is 4.82. The fourth-order valence-corrected chi connectivity index (χ4v) is 1.83. The van der Waals surface area contributed by atoms with Crippen molar-refractivity contribution >= 4 is 17.5 Å². The van der Waals surface area contributed by atoms with Crippen LogP contribution in [0.25, 0.3) is 0 Å². The van der Waals surface area contributed by atoms with Crippen LogP contribution in [-0.4, -0.2) is 9.97 Å². The molecule has 0 aliphatic rings. The topological polar surface area (TPSA) is 61.0 Å². The zero-order valence-corrected chi connectivity index (χ0v) is 11.2. The summed E-state index contributed by atoms with van der Waals surface area (Å²) in [5.41, 5.74) is 8.79. The van der Waals surface area contributed by atoms with E-state index in [9.17, 15) is 0 Å². The minimum absolute atomic E-state index is 0.0976. The van der Waals surface area contributed by atoms with Gasteiger partial charge in [-0.05, 0) is 37.5 Å².